The van der Waals surface area contributed by atoms with E-state index in [1.54, 1.807) is 6.20 Å². The van der Waals surface area contributed by atoms with E-state index < -0.39 is 0 Å². The molecule has 0 spiro atoms. The standard InChI is InChI=1S/C19H17BrN2O2/c1-12-9-13(2)19-16(10-12)22(8-7-17(19)23)11-18(24)21-15-5-3-14(20)4-6-15/h3-10H,11H2,1-2H3,(H,21,24). The summed E-state index contributed by atoms with van der Waals surface area (Å²) in [4.78, 5) is 24.5. The first-order valence-electron chi connectivity index (χ1n) is 7.60. The number of benzene rings is 2. The van der Waals surface area contributed by atoms with Crippen molar-refractivity contribution < 1.29 is 4.79 Å². The number of nitrogens with one attached hydrogen (secondary N) is 1. The van der Waals surface area contributed by atoms with Gasteiger partial charge < -0.3 is 9.88 Å². The van der Waals surface area contributed by atoms with E-state index in [2.05, 4.69) is 21.2 Å². The molecule has 0 fully saturated rings. The number of aromatic nitrogens is 1. The number of halogens is 1. The Bertz CT molecular complexity index is 975. The summed E-state index contributed by atoms with van der Waals surface area (Å²) in [5.41, 5.74) is 3.49. The maximum Gasteiger partial charge on any atom is 0.244 e. The summed E-state index contributed by atoms with van der Waals surface area (Å²) < 4.78 is 2.77. The van der Waals surface area contributed by atoms with Crippen LogP contribution in [0, 0.1) is 13.8 Å². The highest BCUT2D eigenvalue weighted by Gasteiger charge is 2.10. The van der Waals surface area contributed by atoms with Gasteiger partial charge in [0.25, 0.3) is 0 Å². The molecule has 1 N–H and O–H groups in total. The van der Waals surface area contributed by atoms with Crippen molar-refractivity contribution in [1.29, 1.82) is 0 Å². The number of fused-ring (bicyclic) bond motifs is 1. The minimum absolute atomic E-state index is 0.0212. The lowest BCUT2D eigenvalue weighted by atomic mass is 10.1. The molecule has 5 heteroatoms. The molecule has 4 nitrogen and oxygen atoms in total. The second-order valence-electron chi connectivity index (χ2n) is 5.84. The van der Waals surface area contributed by atoms with Crippen LogP contribution in [0.5, 0.6) is 0 Å². The average Bonchev–Trinajstić information content (AvgIpc) is 2.52. The molecule has 0 unspecified atom stereocenters. The Morgan fingerprint density at radius 1 is 1.12 bits per heavy atom. The van der Waals surface area contributed by atoms with Crippen molar-refractivity contribution in [2.24, 2.45) is 0 Å². The Labute approximate surface area is 148 Å². The molecule has 0 saturated heterocycles. The van der Waals surface area contributed by atoms with E-state index >= 15 is 0 Å². The molecule has 1 amide bonds. The normalized spacial score (nSPS) is 10.8. The molecular weight excluding hydrogens is 368 g/mol. The van der Waals surface area contributed by atoms with Gasteiger partial charge in [0.05, 0.1) is 5.52 Å². The van der Waals surface area contributed by atoms with Crippen LogP contribution in [0.4, 0.5) is 5.69 Å². The van der Waals surface area contributed by atoms with Gasteiger partial charge in [-0.25, -0.2) is 0 Å². The van der Waals surface area contributed by atoms with E-state index in [0.717, 1.165) is 26.8 Å². The van der Waals surface area contributed by atoms with Crippen LogP contribution in [0.3, 0.4) is 0 Å². The Hall–Kier alpha value is -2.40. The molecule has 0 aliphatic rings. The largest absolute Gasteiger partial charge is 0.338 e. The molecule has 1 aromatic heterocycles. The Morgan fingerprint density at radius 2 is 1.83 bits per heavy atom. The van der Waals surface area contributed by atoms with Gasteiger partial charge in [0, 0.05) is 27.8 Å². The van der Waals surface area contributed by atoms with Gasteiger partial charge in [0.15, 0.2) is 5.43 Å². The third kappa shape index (κ3) is 3.41. The van der Waals surface area contributed by atoms with Crippen LogP contribution in [0.1, 0.15) is 11.1 Å². The van der Waals surface area contributed by atoms with Crippen LogP contribution < -0.4 is 10.7 Å². The molecule has 0 aliphatic heterocycles. The quantitative estimate of drug-likeness (QED) is 0.741. The first-order chi connectivity index (χ1) is 11.4. The number of hydrogen-bond donors (Lipinski definition) is 1. The van der Waals surface area contributed by atoms with E-state index in [-0.39, 0.29) is 17.9 Å². The third-order valence-corrected chi connectivity index (χ3v) is 4.39. The van der Waals surface area contributed by atoms with Gasteiger partial charge in [-0.2, -0.15) is 0 Å². The highest BCUT2D eigenvalue weighted by Crippen LogP contribution is 2.18. The molecule has 24 heavy (non-hydrogen) atoms. The van der Waals surface area contributed by atoms with Gasteiger partial charge >= 0.3 is 0 Å². The Kier molecular flexibility index (Phi) is 4.53. The average molecular weight is 385 g/mol. The molecule has 122 valence electrons. The lowest BCUT2D eigenvalue weighted by Crippen LogP contribution is -2.20. The number of anilines is 1. The maximum absolute atomic E-state index is 12.3. The van der Waals surface area contributed by atoms with Crippen molar-refractivity contribution in [3.05, 3.63) is 74.5 Å². The van der Waals surface area contributed by atoms with E-state index in [1.807, 2.05) is 54.8 Å². The Morgan fingerprint density at radius 3 is 2.54 bits per heavy atom. The van der Waals surface area contributed by atoms with Gasteiger partial charge in [0.2, 0.25) is 5.91 Å². The summed E-state index contributed by atoms with van der Waals surface area (Å²) in [6, 6.07) is 12.8. The van der Waals surface area contributed by atoms with Crippen LogP contribution in [0.25, 0.3) is 10.9 Å². The van der Waals surface area contributed by atoms with E-state index in [9.17, 15) is 9.59 Å². The van der Waals surface area contributed by atoms with Crippen molar-refractivity contribution in [3.8, 4) is 0 Å². The molecule has 1 heterocycles. The zero-order valence-electron chi connectivity index (χ0n) is 13.5. The van der Waals surface area contributed by atoms with Crippen molar-refractivity contribution in [1.82, 2.24) is 4.57 Å². The first kappa shape index (κ1) is 16.5. The lowest BCUT2D eigenvalue weighted by Gasteiger charge is -2.13. The fourth-order valence-electron chi connectivity index (χ4n) is 2.84. The zero-order valence-corrected chi connectivity index (χ0v) is 15.1. The van der Waals surface area contributed by atoms with E-state index in [0.29, 0.717) is 5.39 Å². The van der Waals surface area contributed by atoms with Crippen molar-refractivity contribution in [2.75, 3.05) is 5.32 Å². The fourth-order valence-corrected chi connectivity index (χ4v) is 3.10. The zero-order chi connectivity index (χ0) is 17.3. The fraction of sp³-hybridized carbons (Fsp3) is 0.158. The van der Waals surface area contributed by atoms with Gasteiger partial charge in [-0.05, 0) is 55.3 Å². The number of nitrogens with zero attached hydrogens (tertiary/aromatic N) is 1. The summed E-state index contributed by atoms with van der Waals surface area (Å²) in [7, 11) is 0. The second-order valence-corrected chi connectivity index (χ2v) is 6.75. The summed E-state index contributed by atoms with van der Waals surface area (Å²) >= 11 is 3.37. The number of aryl methyl sites for hydroxylation is 2. The van der Waals surface area contributed by atoms with Gasteiger partial charge in [0.1, 0.15) is 6.54 Å². The van der Waals surface area contributed by atoms with Crippen LogP contribution in [-0.4, -0.2) is 10.5 Å². The smallest absolute Gasteiger partial charge is 0.244 e. The monoisotopic (exact) mass is 384 g/mol. The predicted octanol–water partition coefficient (Wildman–Crippen LogP) is 4.02. The minimum Gasteiger partial charge on any atom is -0.338 e. The van der Waals surface area contributed by atoms with E-state index in [4.69, 9.17) is 0 Å². The number of carbonyl (C=O) groups is 1. The van der Waals surface area contributed by atoms with Crippen molar-refractivity contribution in [2.45, 2.75) is 20.4 Å². The van der Waals surface area contributed by atoms with Crippen LogP contribution in [-0.2, 0) is 11.3 Å². The van der Waals surface area contributed by atoms with Crippen LogP contribution in [0.2, 0.25) is 0 Å². The molecule has 3 rings (SSSR count). The third-order valence-electron chi connectivity index (χ3n) is 3.86. The molecule has 0 radical (unpaired) electrons. The van der Waals surface area contributed by atoms with Crippen molar-refractivity contribution in [3.63, 3.8) is 0 Å². The van der Waals surface area contributed by atoms with Gasteiger partial charge in [-0.1, -0.05) is 22.0 Å². The molecule has 0 saturated carbocycles. The summed E-state index contributed by atoms with van der Waals surface area (Å²) in [6.45, 7) is 4.05. The number of carbonyl (C=O) groups excluding carboxylic acids is 1. The van der Waals surface area contributed by atoms with Crippen LogP contribution >= 0.6 is 15.9 Å². The molecule has 0 atom stereocenters. The second kappa shape index (κ2) is 6.61. The minimum atomic E-state index is -0.138. The van der Waals surface area contributed by atoms with Crippen molar-refractivity contribution >= 4 is 38.4 Å². The molecule has 2 aromatic carbocycles. The molecule has 3 aromatic rings. The number of amides is 1. The molecule has 0 aliphatic carbocycles. The summed E-state index contributed by atoms with van der Waals surface area (Å²) in [5.74, 6) is -0.138. The highest BCUT2D eigenvalue weighted by atomic mass is 79.9. The van der Waals surface area contributed by atoms with Gasteiger partial charge in [-0.3, -0.25) is 9.59 Å². The highest BCUT2D eigenvalue weighted by molar-refractivity contribution is 9.10. The summed E-state index contributed by atoms with van der Waals surface area (Å²) in [6.07, 6.45) is 1.67. The first-order valence-corrected chi connectivity index (χ1v) is 8.39. The SMILES string of the molecule is Cc1cc(C)c2c(=O)ccn(CC(=O)Nc3ccc(Br)cc3)c2c1. The molecule has 0 bridgehead atoms. The van der Waals surface area contributed by atoms with Crippen LogP contribution in [0.15, 0.2) is 57.9 Å². The number of pyridine rings is 1. The molecular formula is C19H17BrN2O2. The Balaban J connectivity index is 1.92. The maximum atomic E-state index is 12.3. The topological polar surface area (TPSA) is 51.1 Å². The van der Waals surface area contributed by atoms with E-state index in [1.165, 1.54) is 6.07 Å². The van der Waals surface area contributed by atoms with Gasteiger partial charge in [-0.15, -0.1) is 0 Å². The predicted molar refractivity (Wildman–Crippen MR) is 100 cm³/mol. The number of hydrogen-bond acceptors (Lipinski definition) is 2. The summed E-state index contributed by atoms with van der Waals surface area (Å²) in [5, 5.41) is 3.53. The lowest BCUT2D eigenvalue weighted by molar-refractivity contribution is -0.116. The number of rotatable bonds is 3.